The average molecular weight is 223 g/mol. The summed E-state index contributed by atoms with van der Waals surface area (Å²) in [6.07, 6.45) is 2.21. The van der Waals surface area contributed by atoms with Crippen LogP contribution in [0.15, 0.2) is 24.3 Å². The van der Waals surface area contributed by atoms with Crippen molar-refractivity contribution in [2.24, 2.45) is 0 Å². The molecule has 88 valence electrons. The quantitative estimate of drug-likeness (QED) is 0.826. The highest BCUT2D eigenvalue weighted by molar-refractivity contribution is 5.18. The third-order valence-electron chi connectivity index (χ3n) is 3.36. The topological polar surface area (TPSA) is 23.5 Å². The highest BCUT2D eigenvalue weighted by atomic mass is 19.1. The summed E-state index contributed by atoms with van der Waals surface area (Å²) in [7, 11) is 2.07. The Morgan fingerprint density at radius 3 is 2.38 bits per heavy atom. The summed E-state index contributed by atoms with van der Waals surface area (Å²) in [5.74, 6) is -0.223. The van der Waals surface area contributed by atoms with Crippen LogP contribution in [0, 0.1) is 5.82 Å². The summed E-state index contributed by atoms with van der Waals surface area (Å²) in [6, 6.07) is 6.42. The summed E-state index contributed by atoms with van der Waals surface area (Å²) >= 11 is 0. The van der Waals surface area contributed by atoms with E-state index in [1.54, 1.807) is 12.1 Å². The van der Waals surface area contributed by atoms with Crippen LogP contribution in [-0.2, 0) is 6.42 Å². The summed E-state index contributed by atoms with van der Waals surface area (Å²) in [6.45, 7) is 1.86. The minimum atomic E-state index is -0.607. The van der Waals surface area contributed by atoms with E-state index in [9.17, 15) is 9.50 Å². The number of rotatable bonds is 2. The Morgan fingerprint density at radius 2 is 1.81 bits per heavy atom. The lowest BCUT2D eigenvalue weighted by Crippen LogP contribution is -2.44. The molecule has 2 nitrogen and oxygen atoms in total. The maximum absolute atomic E-state index is 12.7. The van der Waals surface area contributed by atoms with Gasteiger partial charge in [-0.15, -0.1) is 0 Å². The smallest absolute Gasteiger partial charge is 0.123 e. The average Bonchev–Trinajstić information content (AvgIpc) is 2.27. The molecule has 2 rings (SSSR count). The molecule has 0 bridgehead atoms. The second-order valence-electron chi connectivity index (χ2n) is 4.83. The van der Waals surface area contributed by atoms with Crippen LogP contribution in [0.5, 0.6) is 0 Å². The fourth-order valence-corrected chi connectivity index (χ4v) is 2.19. The van der Waals surface area contributed by atoms with Crippen molar-refractivity contribution in [3.8, 4) is 0 Å². The van der Waals surface area contributed by atoms with Gasteiger partial charge in [0.2, 0.25) is 0 Å². The van der Waals surface area contributed by atoms with Crippen LogP contribution < -0.4 is 0 Å². The summed E-state index contributed by atoms with van der Waals surface area (Å²) in [4.78, 5) is 2.22. The van der Waals surface area contributed by atoms with E-state index in [0.29, 0.717) is 6.42 Å². The first-order valence-corrected chi connectivity index (χ1v) is 5.73. The lowest BCUT2D eigenvalue weighted by Gasteiger charge is -2.36. The standard InChI is InChI=1S/C13H18FNO/c1-15-8-6-13(16,7-9-15)10-11-2-4-12(14)5-3-11/h2-5,16H,6-10H2,1H3. The van der Waals surface area contributed by atoms with E-state index in [0.717, 1.165) is 31.5 Å². The van der Waals surface area contributed by atoms with Gasteiger partial charge in [-0.1, -0.05) is 12.1 Å². The molecule has 16 heavy (non-hydrogen) atoms. The SMILES string of the molecule is CN1CCC(O)(Cc2ccc(F)cc2)CC1. The molecule has 1 aliphatic rings. The van der Waals surface area contributed by atoms with Crippen molar-refractivity contribution in [2.45, 2.75) is 24.9 Å². The van der Waals surface area contributed by atoms with E-state index in [1.165, 1.54) is 12.1 Å². The zero-order valence-corrected chi connectivity index (χ0v) is 9.62. The van der Waals surface area contributed by atoms with Crippen molar-refractivity contribution in [2.75, 3.05) is 20.1 Å². The monoisotopic (exact) mass is 223 g/mol. The molecule has 1 N–H and O–H groups in total. The maximum Gasteiger partial charge on any atom is 0.123 e. The third-order valence-corrected chi connectivity index (χ3v) is 3.36. The number of aliphatic hydroxyl groups is 1. The van der Waals surface area contributed by atoms with Gasteiger partial charge in [-0.2, -0.15) is 0 Å². The molecular weight excluding hydrogens is 205 g/mol. The van der Waals surface area contributed by atoms with Gasteiger partial charge in [0.25, 0.3) is 0 Å². The molecule has 1 aliphatic heterocycles. The second-order valence-corrected chi connectivity index (χ2v) is 4.83. The van der Waals surface area contributed by atoms with E-state index in [4.69, 9.17) is 0 Å². The minimum absolute atomic E-state index is 0.223. The largest absolute Gasteiger partial charge is 0.389 e. The molecule has 0 amide bonds. The first-order chi connectivity index (χ1) is 7.57. The number of nitrogens with zero attached hydrogens (tertiary/aromatic N) is 1. The Morgan fingerprint density at radius 1 is 1.25 bits per heavy atom. The van der Waals surface area contributed by atoms with E-state index in [-0.39, 0.29) is 5.82 Å². The zero-order valence-electron chi connectivity index (χ0n) is 9.62. The number of piperidine rings is 1. The molecule has 1 aromatic carbocycles. The number of halogens is 1. The van der Waals surface area contributed by atoms with Crippen LogP contribution in [0.25, 0.3) is 0 Å². The fourth-order valence-electron chi connectivity index (χ4n) is 2.19. The Hall–Kier alpha value is -0.930. The van der Waals surface area contributed by atoms with Gasteiger partial charge in [-0.3, -0.25) is 0 Å². The van der Waals surface area contributed by atoms with E-state index >= 15 is 0 Å². The summed E-state index contributed by atoms with van der Waals surface area (Å²) in [5, 5.41) is 10.4. The number of likely N-dealkylation sites (tertiary alicyclic amines) is 1. The van der Waals surface area contributed by atoms with Gasteiger partial charge in [0.15, 0.2) is 0 Å². The molecule has 1 heterocycles. The molecule has 0 atom stereocenters. The molecule has 0 saturated carbocycles. The molecule has 1 aromatic rings. The van der Waals surface area contributed by atoms with Crippen LogP contribution in [0.1, 0.15) is 18.4 Å². The maximum atomic E-state index is 12.7. The molecule has 0 unspecified atom stereocenters. The Labute approximate surface area is 95.7 Å². The number of hydrogen-bond acceptors (Lipinski definition) is 2. The highest BCUT2D eigenvalue weighted by Crippen LogP contribution is 2.25. The molecule has 0 aromatic heterocycles. The Balaban J connectivity index is 2.00. The van der Waals surface area contributed by atoms with E-state index < -0.39 is 5.60 Å². The molecular formula is C13H18FNO. The lowest BCUT2D eigenvalue weighted by molar-refractivity contribution is -0.0150. The summed E-state index contributed by atoms with van der Waals surface area (Å²) < 4.78 is 12.7. The molecule has 0 radical (unpaired) electrons. The van der Waals surface area contributed by atoms with Gasteiger partial charge in [-0.05, 0) is 37.6 Å². The zero-order chi connectivity index (χ0) is 11.6. The Kier molecular flexibility index (Phi) is 3.26. The normalized spacial score (nSPS) is 20.9. The van der Waals surface area contributed by atoms with Gasteiger partial charge < -0.3 is 10.0 Å². The van der Waals surface area contributed by atoms with E-state index in [1.807, 2.05) is 0 Å². The van der Waals surface area contributed by atoms with Crippen molar-refractivity contribution in [1.82, 2.24) is 4.90 Å². The van der Waals surface area contributed by atoms with Crippen molar-refractivity contribution in [1.29, 1.82) is 0 Å². The molecule has 0 spiro atoms. The van der Waals surface area contributed by atoms with Gasteiger partial charge in [0.1, 0.15) is 5.82 Å². The van der Waals surface area contributed by atoms with Crippen LogP contribution in [0.2, 0.25) is 0 Å². The number of hydrogen-bond donors (Lipinski definition) is 1. The highest BCUT2D eigenvalue weighted by Gasteiger charge is 2.31. The van der Waals surface area contributed by atoms with Crippen molar-refractivity contribution < 1.29 is 9.50 Å². The van der Waals surface area contributed by atoms with Crippen LogP contribution in [0.3, 0.4) is 0 Å². The van der Waals surface area contributed by atoms with Crippen LogP contribution in [-0.4, -0.2) is 35.7 Å². The molecule has 1 fully saturated rings. The van der Waals surface area contributed by atoms with Crippen LogP contribution >= 0.6 is 0 Å². The first kappa shape index (κ1) is 11.6. The predicted octanol–water partition coefficient (Wildman–Crippen LogP) is 1.82. The van der Waals surface area contributed by atoms with Gasteiger partial charge >= 0.3 is 0 Å². The molecule has 0 aliphatic carbocycles. The number of benzene rings is 1. The van der Waals surface area contributed by atoms with E-state index in [2.05, 4.69) is 11.9 Å². The first-order valence-electron chi connectivity index (χ1n) is 5.73. The third kappa shape index (κ3) is 2.80. The van der Waals surface area contributed by atoms with Gasteiger partial charge in [-0.25, -0.2) is 4.39 Å². The van der Waals surface area contributed by atoms with Gasteiger partial charge in [0, 0.05) is 19.5 Å². The fraction of sp³-hybridized carbons (Fsp3) is 0.538. The van der Waals surface area contributed by atoms with Crippen LogP contribution in [0.4, 0.5) is 4.39 Å². The minimum Gasteiger partial charge on any atom is -0.389 e. The molecule has 3 heteroatoms. The summed E-state index contributed by atoms with van der Waals surface area (Å²) in [5.41, 5.74) is 0.401. The lowest BCUT2D eigenvalue weighted by atomic mass is 9.85. The predicted molar refractivity (Wildman–Crippen MR) is 61.8 cm³/mol. The molecule has 1 saturated heterocycles. The van der Waals surface area contributed by atoms with Crippen molar-refractivity contribution in [3.63, 3.8) is 0 Å². The Bertz CT molecular complexity index is 341. The second kappa shape index (κ2) is 4.52. The van der Waals surface area contributed by atoms with Crippen molar-refractivity contribution >= 4 is 0 Å². The van der Waals surface area contributed by atoms with Crippen molar-refractivity contribution in [3.05, 3.63) is 35.6 Å². The van der Waals surface area contributed by atoms with Gasteiger partial charge in [0.05, 0.1) is 5.60 Å².